The monoisotopic (exact) mass is 266 g/mol. The lowest BCUT2D eigenvalue weighted by Gasteiger charge is -2.20. The van der Waals surface area contributed by atoms with Gasteiger partial charge in [-0.15, -0.1) is 0 Å². The number of ether oxygens (including phenoxy) is 1. The third-order valence-corrected chi connectivity index (χ3v) is 3.30. The molecule has 1 saturated heterocycles. The number of likely N-dealkylation sites (tertiary alicyclic amines) is 1. The molecule has 5 heteroatoms. The van der Waals surface area contributed by atoms with E-state index in [0.29, 0.717) is 0 Å². The van der Waals surface area contributed by atoms with E-state index in [9.17, 15) is 9.18 Å². The van der Waals surface area contributed by atoms with Crippen LogP contribution >= 0.6 is 0 Å². The highest BCUT2D eigenvalue weighted by atomic mass is 19.1. The summed E-state index contributed by atoms with van der Waals surface area (Å²) in [7, 11) is 0. The first kappa shape index (κ1) is 13.6. The van der Waals surface area contributed by atoms with E-state index in [4.69, 9.17) is 10.5 Å². The van der Waals surface area contributed by atoms with Crippen molar-refractivity contribution in [3.05, 3.63) is 24.0 Å². The number of nitrogens with two attached hydrogens (primary N) is 1. The number of hydrogen-bond acceptors (Lipinski definition) is 3. The second kappa shape index (κ2) is 6.41. The molecule has 0 unspecified atom stereocenters. The smallest absolute Gasteiger partial charge is 0.260 e. The number of nitrogen functional groups attached to an aromatic ring is 1. The number of anilines is 1. The molecular formula is C14H19FN2O2. The Morgan fingerprint density at radius 3 is 2.58 bits per heavy atom. The van der Waals surface area contributed by atoms with E-state index >= 15 is 0 Å². The molecule has 1 aromatic carbocycles. The van der Waals surface area contributed by atoms with Crippen LogP contribution in [0.2, 0.25) is 0 Å². The van der Waals surface area contributed by atoms with Gasteiger partial charge in [-0.3, -0.25) is 4.79 Å². The summed E-state index contributed by atoms with van der Waals surface area (Å²) in [5.41, 5.74) is 5.83. The van der Waals surface area contributed by atoms with Crippen LogP contribution in [0.5, 0.6) is 5.75 Å². The first-order valence-electron chi connectivity index (χ1n) is 6.63. The second-order valence-electron chi connectivity index (χ2n) is 4.74. The normalized spacial score (nSPS) is 15.9. The first-order valence-corrected chi connectivity index (χ1v) is 6.63. The molecule has 0 atom stereocenters. The largest absolute Gasteiger partial charge is 0.479 e. The minimum Gasteiger partial charge on any atom is -0.479 e. The van der Waals surface area contributed by atoms with Crippen molar-refractivity contribution in [2.45, 2.75) is 25.7 Å². The van der Waals surface area contributed by atoms with Crippen LogP contribution in [0, 0.1) is 5.82 Å². The minimum atomic E-state index is -0.538. The SMILES string of the molecule is Nc1cccc(F)c1OCC(=O)N1CCCCCC1. The molecule has 1 aliphatic heterocycles. The average molecular weight is 266 g/mol. The van der Waals surface area contributed by atoms with Gasteiger partial charge in [0.25, 0.3) is 5.91 Å². The molecule has 0 spiro atoms. The van der Waals surface area contributed by atoms with Gasteiger partial charge in [-0.25, -0.2) is 4.39 Å². The third-order valence-electron chi connectivity index (χ3n) is 3.30. The molecule has 104 valence electrons. The molecule has 1 aromatic rings. The third kappa shape index (κ3) is 3.59. The Kier molecular flexibility index (Phi) is 4.60. The van der Waals surface area contributed by atoms with Crippen LogP contribution in [0.25, 0.3) is 0 Å². The predicted molar refractivity (Wildman–Crippen MR) is 71.4 cm³/mol. The Labute approximate surface area is 112 Å². The van der Waals surface area contributed by atoms with E-state index in [1.54, 1.807) is 11.0 Å². The van der Waals surface area contributed by atoms with Crippen LogP contribution in [0.3, 0.4) is 0 Å². The molecule has 0 saturated carbocycles. The molecule has 19 heavy (non-hydrogen) atoms. The molecule has 0 radical (unpaired) electrons. The molecule has 4 nitrogen and oxygen atoms in total. The van der Waals surface area contributed by atoms with Crippen molar-refractivity contribution in [3.8, 4) is 5.75 Å². The van der Waals surface area contributed by atoms with Crippen LogP contribution < -0.4 is 10.5 Å². The van der Waals surface area contributed by atoms with E-state index in [1.165, 1.54) is 12.1 Å². The Bertz CT molecular complexity index is 423. The summed E-state index contributed by atoms with van der Waals surface area (Å²) in [4.78, 5) is 13.8. The van der Waals surface area contributed by atoms with Crippen LogP contribution in [0.4, 0.5) is 10.1 Å². The molecular weight excluding hydrogens is 247 g/mol. The number of para-hydroxylation sites is 1. The number of carbonyl (C=O) groups is 1. The highest BCUT2D eigenvalue weighted by Crippen LogP contribution is 2.24. The summed E-state index contributed by atoms with van der Waals surface area (Å²) in [5.74, 6) is -0.682. The van der Waals surface area contributed by atoms with Crippen molar-refractivity contribution in [1.29, 1.82) is 0 Å². The lowest BCUT2D eigenvalue weighted by Crippen LogP contribution is -2.35. The van der Waals surface area contributed by atoms with Gasteiger partial charge in [0.15, 0.2) is 18.2 Å². The maximum Gasteiger partial charge on any atom is 0.260 e. The topological polar surface area (TPSA) is 55.6 Å². The zero-order valence-electron chi connectivity index (χ0n) is 10.9. The van der Waals surface area contributed by atoms with Crippen LogP contribution in [-0.4, -0.2) is 30.5 Å². The van der Waals surface area contributed by atoms with E-state index < -0.39 is 5.82 Å². The van der Waals surface area contributed by atoms with Gasteiger partial charge in [0.1, 0.15) is 0 Å². The van der Waals surface area contributed by atoms with Gasteiger partial charge < -0.3 is 15.4 Å². The van der Waals surface area contributed by atoms with E-state index in [2.05, 4.69) is 0 Å². The van der Waals surface area contributed by atoms with Crippen molar-refractivity contribution in [3.63, 3.8) is 0 Å². The zero-order valence-corrected chi connectivity index (χ0v) is 10.9. The van der Waals surface area contributed by atoms with Crippen LogP contribution in [-0.2, 0) is 4.79 Å². The average Bonchev–Trinajstić information content (AvgIpc) is 2.66. The van der Waals surface area contributed by atoms with Crippen LogP contribution in [0.15, 0.2) is 18.2 Å². The summed E-state index contributed by atoms with van der Waals surface area (Å²) in [6.45, 7) is 1.36. The van der Waals surface area contributed by atoms with Crippen molar-refractivity contribution in [2.75, 3.05) is 25.4 Å². The number of hydrogen-bond donors (Lipinski definition) is 1. The molecule has 0 aliphatic carbocycles. The standard InChI is InChI=1S/C14H19FN2O2/c15-11-6-5-7-12(16)14(11)19-10-13(18)17-8-3-1-2-4-9-17/h5-7H,1-4,8-10,16H2. The number of rotatable bonds is 3. The lowest BCUT2D eigenvalue weighted by molar-refractivity contribution is -0.133. The molecule has 1 amide bonds. The number of halogens is 1. The highest BCUT2D eigenvalue weighted by Gasteiger charge is 2.17. The second-order valence-corrected chi connectivity index (χ2v) is 4.74. The Balaban J connectivity index is 1.92. The van der Waals surface area contributed by atoms with Gasteiger partial charge >= 0.3 is 0 Å². The quantitative estimate of drug-likeness (QED) is 0.853. The fourth-order valence-electron chi connectivity index (χ4n) is 2.22. The number of benzene rings is 1. The first-order chi connectivity index (χ1) is 9.18. The maximum absolute atomic E-state index is 13.5. The van der Waals surface area contributed by atoms with Crippen molar-refractivity contribution < 1.29 is 13.9 Å². The lowest BCUT2D eigenvalue weighted by atomic mass is 10.2. The summed E-state index contributed by atoms with van der Waals surface area (Å²) in [6.07, 6.45) is 4.36. The van der Waals surface area contributed by atoms with Crippen molar-refractivity contribution >= 4 is 11.6 Å². The van der Waals surface area contributed by atoms with Gasteiger partial charge in [-0.1, -0.05) is 18.9 Å². The molecule has 1 aliphatic rings. The molecule has 1 heterocycles. The molecule has 0 bridgehead atoms. The van der Waals surface area contributed by atoms with E-state index in [0.717, 1.165) is 38.8 Å². The maximum atomic E-state index is 13.5. The van der Waals surface area contributed by atoms with Gasteiger partial charge in [-0.2, -0.15) is 0 Å². The van der Waals surface area contributed by atoms with Crippen LogP contribution in [0.1, 0.15) is 25.7 Å². The molecule has 2 rings (SSSR count). The van der Waals surface area contributed by atoms with Crippen molar-refractivity contribution in [2.24, 2.45) is 0 Å². The summed E-state index contributed by atoms with van der Waals surface area (Å²) >= 11 is 0. The number of carbonyl (C=O) groups excluding carboxylic acids is 1. The Morgan fingerprint density at radius 1 is 1.26 bits per heavy atom. The Morgan fingerprint density at radius 2 is 1.95 bits per heavy atom. The highest BCUT2D eigenvalue weighted by molar-refractivity contribution is 5.78. The van der Waals surface area contributed by atoms with Gasteiger partial charge in [-0.05, 0) is 25.0 Å². The fourth-order valence-corrected chi connectivity index (χ4v) is 2.22. The van der Waals surface area contributed by atoms with Gasteiger partial charge in [0.2, 0.25) is 0 Å². The predicted octanol–water partition coefficient (Wildman–Crippen LogP) is 2.19. The van der Waals surface area contributed by atoms with E-state index in [-0.39, 0.29) is 24.0 Å². The van der Waals surface area contributed by atoms with Gasteiger partial charge in [0, 0.05) is 13.1 Å². The summed E-state index contributed by atoms with van der Waals surface area (Å²) in [5, 5.41) is 0. The zero-order chi connectivity index (χ0) is 13.7. The van der Waals surface area contributed by atoms with Crippen molar-refractivity contribution in [1.82, 2.24) is 4.90 Å². The molecule has 2 N–H and O–H groups in total. The van der Waals surface area contributed by atoms with Gasteiger partial charge in [0.05, 0.1) is 5.69 Å². The number of amides is 1. The Hall–Kier alpha value is -1.78. The summed E-state index contributed by atoms with van der Waals surface area (Å²) in [6, 6.07) is 4.32. The molecule has 0 aromatic heterocycles. The fraction of sp³-hybridized carbons (Fsp3) is 0.500. The minimum absolute atomic E-state index is 0.0364. The summed E-state index contributed by atoms with van der Waals surface area (Å²) < 4.78 is 18.7. The molecule has 1 fully saturated rings. The number of nitrogens with zero attached hydrogens (tertiary/aromatic N) is 1. The van der Waals surface area contributed by atoms with E-state index in [1.807, 2.05) is 0 Å².